The first kappa shape index (κ1) is 16.0. The maximum atomic E-state index is 6.06. The Morgan fingerprint density at radius 2 is 2.10 bits per heavy atom. The number of benzene rings is 1. The highest BCUT2D eigenvalue weighted by molar-refractivity contribution is 7.09. The Morgan fingerprint density at radius 3 is 2.71 bits per heavy atom. The molecule has 0 saturated carbocycles. The minimum Gasteiger partial charge on any atom is -0.494 e. The Bertz CT molecular complexity index is 527. The highest BCUT2D eigenvalue weighted by atomic mass is 32.1. The van der Waals surface area contributed by atoms with Gasteiger partial charge in [-0.15, -0.1) is 11.3 Å². The molecule has 114 valence electrons. The van der Waals surface area contributed by atoms with E-state index >= 15 is 0 Å². The molecular weight excluding hydrogens is 280 g/mol. The van der Waals surface area contributed by atoms with Crippen LogP contribution in [-0.2, 0) is 6.54 Å². The Morgan fingerprint density at radius 1 is 1.24 bits per heavy atom. The van der Waals surface area contributed by atoms with Gasteiger partial charge in [0.15, 0.2) is 0 Å². The number of hydrogen-bond acceptors (Lipinski definition) is 4. The summed E-state index contributed by atoms with van der Waals surface area (Å²) in [5, 5.41) is 2.12. The molecule has 0 saturated heterocycles. The number of rotatable bonds is 8. The van der Waals surface area contributed by atoms with Crippen LogP contribution in [0.5, 0.6) is 5.75 Å². The Kier molecular flexibility index (Phi) is 6.23. The Balaban J connectivity index is 2.17. The van der Waals surface area contributed by atoms with Crippen LogP contribution in [0.1, 0.15) is 30.3 Å². The fourth-order valence-electron chi connectivity index (χ4n) is 2.52. The van der Waals surface area contributed by atoms with E-state index in [0.717, 1.165) is 18.8 Å². The summed E-state index contributed by atoms with van der Waals surface area (Å²) < 4.78 is 5.60. The number of thiophene rings is 1. The SMILES string of the molecule is CCOc1cccc(C(CN)N(CC)Cc2cccs2)c1. The predicted molar refractivity (Wildman–Crippen MR) is 89.8 cm³/mol. The van der Waals surface area contributed by atoms with Gasteiger partial charge in [0.2, 0.25) is 0 Å². The predicted octanol–water partition coefficient (Wildman–Crippen LogP) is 3.67. The molecule has 0 bridgehead atoms. The van der Waals surface area contributed by atoms with E-state index in [-0.39, 0.29) is 6.04 Å². The van der Waals surface area contributed by atoms with Crippen molar-refractivity contribution in [3.8, 4) is 5.75 Å². The molecule has 0 amide bonds. The third-order valence-electron chi connectivity index (χ3n) is 3.56. The lowest BCUT2D eigenvalue weighted by Gasteiger charge is -2.30. The molecular formula is C17H24N2OS. The number of likely N-dealkylation sites (N-methyl/N-ethyl adjacent to an activating group) is 1. The fraction of sp³-hybridized carbons (Fsp3) is 0.412. The van der Waals surface area contributed by atoms with Crippen LogP contribution in [-0.4, -0.2) is 24.6 Å². The average molecular weight is 304 g/mol. The lowest BCUT2D eigenvalue weighted by molar-refractivity contribution is 0.205. The summed E-state index contributed by atoms with van der Waals surface area (Å²) in [6.07, 6.45) is 0. The smallest absolute Gasteiger partial charge is 0.119 e. The van der Waals surface area contributed by atoms with E-state index in [2.05, 4.69) is 41.5 Å². The van der Waals surface area contributed by atoms with Crippen molar-refractivity contribution in [2.24, 2.45) is 5.73 Å². The summed E-state index contributed by atoms with van der Waals surface area (Å²) in [6, 6.07) is 12.8. The quantitative estimate of drug-likeness (QED) is 0.808. The molecule has 0 aliphatic carbocycles. The molecule has 2 aromatic rings. The van der Waals surface area contributed by atoms with Crippen molar-refractivity contribution in [1.82, 2.24) is 4.90 Å². The molecule has 3 nitrogen and oxygen atoms in total. The van der Waals surface area contributed by atoms with Crippen LogP contribution in [0.2, 0.25) is 0 Å². The summed E-state index contributed by atoms with van der Waals surface area (Å²) in [5.74, 6) is 0.917. The van der Waals surface area contributed by atoms with Crippen molar-refractivity contribution < 1.29 is 4.74 Å². The van der Waals surface area contributed by atoms with Gasteiger partial charge in [0.05, 0.1) is 6.61 Å². The molecule has 0 aliphatic rings. The van der Waals surface area contributed by atoms with Gasteiger partial charge in [0, 0.05) is 24.0 Å². The highest BCUT2D eigenvalue weighted by Gasteiger charge is 2.18. The average Bonchev–Trinajstić information content (AvgIpc) is 3.01. The molecule has 0 fully saturated rings. The Hall–Kier alpha value is -1.36. The van der Waals surface area contributed by atoms with Crippen LogP contribution in [0.4, 0.5) is 0 Å². The first-order chi connectivity index (χ1) is 10.3. The largest absolute Gasteiger partial charge is 0.494 e. The summed E-state index contributed by atoms with van der Waals surface area (Å²) in [4.78, 5) is 3.79. The van der Waals surface area contributed by atoms with Gasteiger partial charge in [-0.3, -0.25) is 4.90 Å². The van der Waals surface area contributed by atoms with E-state index in [1.807, 2.05) is 19.1 Å². The zero-order valence-corrected chi connectivity index (χ0v) is 13.6. The molecule has 1 aromatic carbocycles. The van der Waals surface area contributed by atoms with Crippen LogP contribution < -0.4 is 10.5 Å². The van der Waals surface area contributed by atoms with E-state index in [0.29, 0.717) is 13.2 Å². The number of nitrogens with zero attached hydrogens (tertiary/aromatic N) is 1. The second-order valence-electron chi connectivity index (χ2n) is 4.90. The van der Waals surface area contributed by atoms with Crippen LogP contribution in [0.15, 0.2) is 41.8 Å². The standard InChI is InChI=1S/C17H24N2OS/c1-3-19(13-16-9-6-10-21-16)17(12-18)14-7-5-8-15(11-14)20-4-2/h5-11,17H,3-4,12-13,18H2,1-2H3. The maximum Gasteiger partial charge on any atom is 0.119 e. The molecule has 1 aromatic heterocycles. The molecule has 4 heteroatoms. The monoisotopic (exact) mass is 304 g/mol. The molecule has 2 N–H and O–H groups in total. The van der Waals surface area contributed by atoms with E-state index in [9.17, 15) is 0 Å². The third kappa shape index (κ3) is 4.30. The van der Waals surface area contributed by atoms with Gasteiger partial charge in [-0.05, 0) is 42.6 Å². The minimum absolute atomic E-state index is 0.220. The van der Waals surface area contributed by atoms with Gasteiger partial charge < -0.3 is 10.5 Å². The molecule has 0 radical (unpaired) electrons. The summed E-state index contributed by atoms with van der Waals surface area (Å²) in [6.45, 7) is 7.39. The Labute approximate surface area is 131 Å². The zero-order chi connectivity index (χ0) is 15.1. The number of nitrogens with two attached hydrogens (primary N) is 1. The lowest BCUT2D eigenvalue weighted by atomic mass is 10.0. The van der Waals surface area contributed by atoms with Crippen molar-refractivity contribution in [1.29, 1.82) is 0 Å². The molecule has 1 unspecified atom stereocenters. The number of ether oxygens (including phenoxy) is 1. The van der Waals surface area contributed by atoms with E-state index in [1.54, 1.807) is 11.3 Å². The van der Waals surface area contributed by atoms with Gasteiger partial charge >= 0.3 is 0 Å². The second-order valence-corrected chi connectivity index (χ2v) is 5.93. The van der Waals surface area contributed by atoms with Crippen LogP contribution in [0.3, 0.4) is 0 Å². The topological polar surface area (TPSA) is 38.5 Å². The van der Waals surface area contributed by atoms with E-state index < -0.39 is 0 Å². The molecule has 0 aliphatic heterocycles. The fourth-order valence-corrected chi connectivity index (χ4v) is 3.25. The van der Waals surface area contributed by atoms with Crippen molar-refractivity contribution in [3.63, 3.8) is 0 Å². The van der Waals surface area contributed by atoms with Crippen LogP contribution >= 0.6 is 11.3 Å². The lowest BCUT2D eigenvalue weighted by Crippen LogP contribution is -2.33. The maximum absolute atomic E-state index is 6.06. The molecule has 0 spiro atoms. The minimum atomic E-state index is 0.220. The van der Waals surface area contributed by atoms with Gasteiger partial charge in [-0.2, -0.15) is 0 Å². The third-order valence-corrected chi connectivity index (χ3v) is 4.42. The highest BCUT2D eigenvalue weighted by Crippen LogP contribution is 2.26. The summed E-state index contributed by atoms with van der Waals surface area (Å²) in [5.41, 5.74) is 7.28. The van der Waals surface area contributed by atoms with Gasteiger partial charge in [0.25, 0.3) is 0 Å². The first-order valence-corrected chi connectivity index (χ1v) is 8.35. The summed E-state index contributed by atoms with van der Waals surface area (Å²) in [7, 11) is 0. The van der Waals surface area contributed by atoms with E-state index in [4.69, 9.17) is 10.5 Å². The number of hydrogen-bond donors (Lipinski definition) is 1. The normalized spacial score (nSPS) is 12.6. The molecule has 2 rings (SSSR count). The van der Waals surface area contributed by atoms with Crippen molar-refractivity contribution in [3.05, 3.63) is 52.2 Å². The second kappa shape index (κ2) is 8.17. The van der Waals surface area contributed by atoms with Crippen LogP contribution in [0, 0.1) is 0 Å². The van der Waals surface area contributed by atoms with E-state index in [1.165, 1.54) is 10.4 Å². The van der Waals surface area contributed by atoms with Crippen molar-refractivity contribution in [2.75, 3.05) is 19.7 Å². The molecule has 21 heavy (non-hydrogen) atoms. The van der Waals surface area contributed by atoms with Gasteiger partial charge in [0.1, 0.15) is 5.75 Å². The first-order valence-electron chi connectivity index (χ1n) is 7.47. The molecule has 1 heterocycles. The summed E-state index contributed by atoms with van der Waals surface area (Å²) >= 11 is 1.79. The van der Waals surface area contributed by atoms with Crippen molar-refractivity contribution in [2.45, 2.75) is 26.4 Å². The van der Waals surface area contributed by atoms with Gasteiger partial charge in [-0.1, -0.05) is 25.1 Å². The zero-order valence-electron chi connectivity index (χ0n) is 12.8. The molecule has 1 atom stereocenters. The van der Waals surface area contributed by atoms with Gasteiger partial charge in [-0.25, -0.2) is 0 Å². The van der Waals surface area contributed by atoms with Crippen LogP contribution in [0.25, 0.3) is 0 Å². The van der Waals surface area contributed by atoms with Crippen molar-refractivity contribution >= 4 is 11.3 Å².